The monoisotopic (exact) mass is 423 g/mol. The topological polar surface area (TPSA) is 65.8 Å². The molecule has 162 valence electrons. The van der Waals surface area contributed by atoms with E-state index in [4.69, 9.17) is 4.42 Å². The fourth-order valence-electron chi connectivity index (χ4n) is 3.42. The molecule has 6 nitrogen and oxygen atoms in total. The lowest BCUT2D eigenvalue weighted by atomic mass is 10.1. The number of hydrogen-bond donors (Lipinski definition) is 1. The number of carbonyl (C=O) groups excluding carboxylic acids is 2. The third-order valence-electron chi connectivity index (χ3n) is 5.09. The number of carbonyl (C=O) groups is 2. The largest absolute Gasteiger partial charge is 0.472 e. The molecule has 0 bridgehead atoms. The zero-order valence-corrected chi connectivity index (χ0v) is 16.6. The highest BCUT2D eigenvalue weighted by Gasteiger charge is 2.30. The molecule has 0 aliphatic carbocycles. The van der Waals surface area contributed by atoms with Crippen LogP contribution in [0.3, 0.4) is 0 Å². The van der Waals surface area contributed by atoms with Crippen LogP contribution in [0.15, 0.2) is 47.3 Å². The number of alkyl halides is 3. The van der Waals surface area contributed by atoms with Gasteiger partial charge in [0, 0.05) is 32.7 Å². The van der Waals surface area contributed by atoms with Crippen LogP contribution in [0, 0.1) is 0 Å². The number of furan rings is 1. The SMILES string of the molecule is CC(NC(=O)c1ccoc1)C(=O)N1CCCN(Cc2ccc(C(F)(F)F)cc2)CC1. The first-order valence-electron chi connectivity index (χ1n) is 9.74. The van der Waals surface area contributed by atoms with Crippen molar-refractivity contribution in [2.24, 2.45) is 0 Å². The Morgan fingerprint density at radius 1 is 1.10 bits per heavy atom. The third kappa shape index (κ3) is 5.63. The second-order valence-electron chi connectivity index (χ2n) is 7.36. The molecule has 1 aliphatic rings. The summed E-state index contributed by atoms with van der Waals surface area (Å²) in [5.41, 5.74) is 0.488. The van der Waals surface area contributed by atoms with Crippen molar-refractivity contribution >= 4 is 11.8 Å². The molecule has 1 unspecified atom stereocenters. The Bertz CT molecular complexity index is 851. The van der Waals surface area contributed by atoms with Gasteiger partial charge in [0.25, 0.3) is 5.91 Å². The van der Waals surface area contributed by atoms with E-state index < -0.39 is 17.8 Å². The molecule has 0 radical (unpaired) electrons. The van der Waals surface area contributed by atoms with Crippen molar-refractivity contribution in [2.45, 2.75) is 32.1 Å². The quantitative estimate of drug-likeness (QED) is 0.803. The van der Waals surface area contributed by atoms with Gasteiger partial charge in [0.1, 0.15) is 12.3 Å². The van der Waals surface area contributed by atoms with E-state index in [2.05, 4.69) is 10.2 Å². The summed E-state index contributed by atoms with van der Waals surface area (Å²) in [5, 5.41) is 2.67. The predicted octanol–water partition coefficient (Wildman–Crippen LogP) is 3.15. The fraction of sp³-hybridized carbons (Fsp3) is 0.429. The molecule has 1 aromatic carbocycles. The minimum atomic E-state index is -4.34. The lowest BCUT2D eigenvalue weighted by Gasteiger charge is -2.25. The molecule has 1 saturated heterocycles. The number of hydrogen-bond acceptors (Lipinski definition) is 4. The molecular weight excluding hydrogens is 399 g/mol. The predicted molar refractivity (Wildman–Crippen MR) is 104 cm³/mol. The summed E-state index contributed by atoms with van der Waals surface area (Å²) in [7, 11) is 0. The molecule has 1 fully saturated rings. The molecule has 1 N–H and O–H groups in total. The molecule has 0 saturated carbocycles. The Balaban J connectivity index is 1.51. The van der Waals surface area contributed by atoms with Crippen LogP contribution < -0.4 is 5.32 Å². The number of benzene rings is 1. The number of halogens is 3. The van der Waals surface area contributed by atoms with Crippen LogP contribution >= 0.6 is 0 Å². The molecule has 30 heavy (non-hydrogen) atoms. The molecule has 1 aliphatic heterocycles. The first-order valence-corrected chi connectivity index (χ1v) is 9.74. The highest BCUT2D eigenvalue weighted by Crippen LogP contribution is 2.29. The Labute approximate surface area is 172 Å². The summed E-state index contributed by atoms with van der Waals surface area (Å²) in [6.07, 6.45) is -0.889. The van der Waals surface area contributed by atoms with Gasteiger partial charge >= 0.3 is 6.18 Å². The maximum atomic E-state index is 12.7. The maximum Gasteiger partial charge on any atom is 0.416 e. The van der Waals surface area contributed by atoms with E-state index in [0.29, 0.717) is 31.7 Å². The lowest BCUT2D eigenvalue weighted by Crippen LogP contribution is -2.48. The van der Waals surface area contributed by atoms with Crippen LogP contribution in [0.4, 0.5) is 13.2 Å². The van der Waals surface area contributed by atoms with E-state index in [1.165, 1.54) is 30.7 Å². The minimum Gasteiger partial charge on any atom is -0.472 e. The molecule has 3 rings (SSSR count). The average molecular weight is 423 g/mol. The van der Waals surface area contributed by atoms with E-state index in [9.17, 15) is 22.8 Å². The zero-order chi connectivity index (χ0) is 21.7. The van der Waals surface area contributed by atoms with Gasteiger partial charge in [-0.15, -0.1) is 0 Å². The van der Waals surface area contributed by atoms with Crippen molar-refractivity contribution < 1.29 is 27.2 Å². The summed E-state index contributed by atoms with van der Waals surface area (Å²) in [6.45, 7) is 4.56. The summed E-state index contributed by atoms with van der Waals surface area (Å²) >= 11 is 0. The molecule has 2 amide bonds. The van der Waals surface area contributed by atoms with Crippen LogP contribution in [-0.2, 0) is 17.5 Å². The van der Waals surface area contributed by atoms with E-state index in [-0.39, 0.29) is 11.8 Å². The number of nitrogens with one attached hydrogen (secondary N) is 1. The highest BCUT2D eigenvalue weighted by molar-refractivity contribution is 5.97. The summed E-state index contributed by atoms with van der Waals surface area (Å²) < 4.78 is 43.0. The van der Waals surface area contributed by atoms with Crippen molar-refractivity contribution in [1.82, 2.24) is 15.1 Å². The van der Waals surface area contributed by atoms with E-state index in [1.807, 2.05) is 0 Å². The molecule has 9 heteroatoms. The van der Waals surface area contributed by atoms with Crippen LogP contribution in [0.5, 0.6) is 0 Å². The summed E-state index contributed by atoms with van der Waals surface area (Å²) in [6, 6.07) is 6.01. The van der Waals surface area contributed by atoms with E-state index in [1.54, 1.807) is 11.8 Å². The van der Waals surface area contributed by atoms with E-state index in [0.717, 1.165) is 30.7 Å². The van der Waals surface area contributed by atoms with Gasteiger partial charge in [-0.1, -0.05) is 12.1 Å². The Kier molecular flexibility index (Phi) is 6.81. The Morgan fingerprint density at radius 2 is 1.83 bits per heavy atom. The van der Waals surface area contributed by atoms with Gasteiger partial charge < -0.3 is 14.6 Å². The van der Waals surface area contributed by atoms with Crippen molar-refractivity contribution in [1.29, 1.82) is 0 Å². The number of nitrogens with zero attached hydrogens (tertiary/aromatic N) is 2. The van der Waals surface area contributed by atoms with E-state index >= 15 is 0 Å². The standard InChI is InChI=1S/C21H24F3N3O3/c1-15(25-19(28)17-7-12-30-14-17)20(29)27-9-2-8-26(10-11-27)13-16-3-5-18(6-4-16)21(22,23)24/h3-7,12,14-15H,2,8-11,13H2,1H3,(H,25,28). The van der Waals surface area contributed by atoms with Gasteiger partial charge in [0.2, 0.25) is 5.91 Å². The third-order valence-corrected chi connectivity index (χ3v) is 5.09. The molecule has 1 atom stereocenters. The van der Waals surface area contributed by atoms with Crippen molar-refractivity contribution in [2.75, 3.05) is 26.2 Å². The van der Waals surface area contributed by atoms with Crippen LogP contribution in [0.2, 0.25) is 0 Å². The van der Waals surface area contributed by atoms with Crippen molar-refractivity contribution in [3.63, 3.8) is 0 Å². The van der Waals surface area contributed by atoms with Crippen LogP contribution in [0.1, 0.15) is 34.8 Å². The normalized spacial score (nSPS) is 16.7. The van der Waals surface area contributed by atoms with Gasteiger partial charge in [0.05, 0.1) is 17.4 Å². The second-order valence-corrected chi connectivity index (χ2v) is 7.36. The van der Waals surface area contributed by atoms with Crippen molar-refractivity contribution in [3.8, 4) is 0 Å². The average Bonchev–Trinajstić information content (AvgIpc) is 3.15. The number of amides is 2. The second kappa shape index (κ2) is 9.34. The van der Waals surface area contributed by atoms with Crippen molar-refractivity contribution in [3.05, 3.63) is 59.5 Å². The van der Waals surface area contributed by atoms with Gasteiger partial charge in [-0.2, -0.15) is 13.2 Å². The van der Waals surface area contributed by atoms with Gasteiger partial charge in [-0.25, -0.2) is 0 Å². The Hall–Kier alpha value is -2.81. The number of rotatable bonds is 5. The van der Waals surface area contributed by atoms with Crippen LogP contribution in [-0.4, -0.2) is 53.8 Å². The molecule has 2 heterocycles. The smallest absolute Gasteiger partial charge is 0.416 e. The first-order chi connectivity index (χ1) is 14.2. The van der Waals surface area contributed by atoms with Gasteiger partial charge in [-0.3, -0.25) is 14.5 Å². The Morgan fingerprint density at radius 3 is 2.47 bits per heavy atom. The highest BCUT2D eigenvalue weighted by atomic mass is 19.4. The van der Waals surface area contributed by atoms with Gasteiger partial charge in [0.15, 0.2) is 0 Å². The minimum absolute atomic E-state index is 0.164. The fourth-order valence-corrected chi connectivity index (χ4v) is 3.42. The molecule has 0 spiro atoms. The summed E-state index contributed by atoms with van der Waals surface area (Å²) in [5.74, 6) is -0.536. The lowest BCUT2D eigenvalue weighted by molar-refractivity contribution is -0.137. The molecule has 2 aromatic rings. The first kappa shape index (κ1) is 21.9. The maximum absolute atomic E-state index is 12.7. The zero-order valence-electron chi connectivity index (χ0n) is 16.6. The summed E-state index contributed by atoms with van der Waals surface area (Å²) in [4.78, 5) is 28.6. The molecule has 1 aromatic heterocycles. The van der Waals surface area contributed by atoms with Crippen LogP contribution in [0.25, 0.3) is 0 Å². The van der Waals surface area contributed by atoms with Gasteiger partial charge in [-0.05, 0) is 37.1 Å². The molecular formula is C21H24F3N3O3.